The first-order valence-corrected chi connectivity index (χ1v) is 4.82. The van der Waals surface area contributed by atoms with Gasteiger partial charge in [-0.1, -0.05) is 19.1 Å². The van der Waals surface area contributed by atoms with Crippen molar-refractivity contribution >= 4 is 0 Å². The minimum atomic E-state index is -0.187. The Hall–Kier alpha value is -1.75. The molecular formula is C10H12N4O. The molecule has 0 aliphatic carbocycles. The monoisotopic (exact) mass is 204 g/mol. The van der Waals surface area contributed by atoms with Crippen LogP contribution in [0.2, 0.25) is 0 Å². The molecule has 78 valence electrons. The molecule has 0 atom stereocenters. The molecule has 2 rings (SSSR count). The van der Waals surface area contributed by atoms with E-state index in [2.05, 4.69) is 22.3 Å². The van der Waals surface area contributed by atoms with Crippen molar-refractivity contribution in [2.45, 2.75) is 20.0 Å². The number of aliphatic hydroxyl groups excluding tert-OH is 1. The molecule has 15 heavy (non-hydrogen) atoms. The molecule has 0 bridgehead atoms. The van der Waals surface area contributed by atoms with E-state index < -0.39 is 0 Å². The Kier molecular flexibility index (Phi) is 2.73. The molecule has 0 unspecified atom stereocenters. The Balaban J connectivity index is 2.28. The van der Waals surface area contributed by atoms with Gasteiger partial charge in [-0.2, -0.15) is 0 Å². The zero-order valence-electron chi connectivity index (χ0n) is 8.46. The number of aryl methyl sites for hydroxylation is 1. The number of benzene rings is 1. The van der Waals surface area contributed by atoms with Crippen LogP contribution >= 0.6 is 0 Å². The predicted octanol–water partition coefficient (Wildman–Crippen LogP) is 0.717. The smallest absolute Gasteiger partial charge is 0.200 e. The molecule has 0 aliphatic rings. The highest BCUT2D eigenvalue weighted by molar-refractivity contribution is 5.32. The van der Waals surface area contributed by atoms with Gasteiger partial charge in [-0.15, -0.1) is 15.0 Å². The van der Waals surface area contributed by atoms with Gasteiger partial charge in [0.05, 0.1) is 5.69 Å². The molecular weight excluding hydrogens is 192 g/mol. The summed E-state index contributed by atoms with van der Waals surface area (Å²) in [5.74, 6) is 0.328. The van der Waals surface area contributed by atoms with Gasteiger partial charge >= 0.3 is 0 Å². The van der Waals surface area contributed by atoms with Crippen LogP contribution in [-0.4, -0.2) is 25.3 Å². The maximum Gasteiger partial charge on any atom is 0.200 e. The summed E-state index contributed by atoms with van der Waals surface area (Å²) in [7, 11) is 0. The van der Waals surface area contributed by atoms with Crippen molar-refractivity contribution in [3.05, 3.63) is 35.7 Å². The highest BCUT2D eigenvalue weighted by Crippen LogP contribution is 2.07. The molecule has 1 N–H and O–H groups in total. The van der Waals surface area contributed by atoms with Crippen LogP contribution in [0.3, 0.4) is 0 Å². The number of hydrogen-bond acceptors (Lipinski definition) is 4. The average Bonchev–Trinajstić information content (AvgIpc) is 2.78. The minimum Gasteiger partial charge on any atom is -0.388 e. The number of rotatable bonds is 3. The molecule has 0 spiro atoms. The topological polar surface area (TPSA) is 63.8 Å². The summed E-state index contributed by atoms with van der Waals surface area (Å²) in [6.45, 7) is 1.92. The number of aliphatic hydroxyl groups is 1. The zero-order chi connectivity index (χ0) is 10.7. The molecule has 1 aromatic heterocycles. The van der Waals surface area contributed by atoms with Gasteiger partial charge < -0.3 is 5.11 Å². The number of nitrogens with zero attached hydrogens (tertiary/aromatic N) is 4. The third kappa shape index (κ3) is 2.02. The Morgan fingerprint density at radius 1 is 1.27 bits per heavy atom. The van der Waals surface area contributed by atoms with Crippen LogP contribution in [0.25, 0.3) is 5.69 Å². The van der Waals surface area contributed by atoms with E-state index in [1.165, 1.54) is 10.4 Å². The third-order valence-electron chi connectivity index (χ3n) is 2.17. The second kappa shape index (κ2) is 4.18. The van der Waals surface area contributed by atoms with E-state index in [0.717, 1.165) is 12.1 Å². The first-order chi connectivity index (χ1) is 7.33. The minimum absolute atomic E-state index is 0.187. The summed E-state index contributed by atoms with van der Waals surface area (Å²) >= 11 is 0. The van der Waals surface area contributed by atoms with Crippen LogP contribution in [0.1, 0.15) is 18.3 Å². The van der Waals surface area contributed by atoms with Gasteiger partial charge in [0, 0.05) is 0 Å². The third-order valence-corrected chi connectivity index (χ3v) is 2.17. The molecule has 5 nitrogen and oxygen atoms in total. The Bertz CT molecular complexity index is 435. The second-order valence-corrected chi connectivity index (χ2v) is 3.17. The van der Waals surface area contributed by atoms with Crippen molar-refractivity contribution in [1.82, 2.24) is 20.2 Å². The summed E-state index contributed by atoms with van der Waals surface area (Å²) in [6, 6.07) is 7.91. The fraction of sp³-hybridized carbons (Fsp3) is 0.300. The number of tetrazole rings is 1. The van der Waals surface area contributed by atoms with Crippen LogP contribution in [0, 0.1) is 0 Å². The lowest BCUT2D eigenvalue weighted by Crippen LogP contribution is -1.99. The Morgan fingerprint density at radius 2 is 2.00 bits per heavy atom. The van der Waals surface area contributed by atoms with E-state index in [4.69, 9.17) is 5.11 Å². The van der Waals surface area contributed by atoms with E-state index in [1.54, 1.807) is 0 Å². The normalized spacial score (nSPS) is 10.5. The van der Waals surface area contributed by atoms with E-state index >= 15 is 0 Å². The van der Waals surface area contributed by atoms with Crippen LogP contribution in [0.4, 0.5) is 0 Å². The van der Waals surface area contributed by atoms with Crippen LogP contribution in [-0.2, 0) is 13.0 Å². The quantitative estimate of drug-likeness (QED) is 0.800. The largest absolute Gasteiger partial charge is 0.388 e. The summed E-state index contributed by atoms with van der Waals surface area (Å²) in [4.78, 5) is 1.41. The molecule has 0 saturated heterocycles. The van der Waals surface area contributed by atoms with Gasteiger partial charge in [0.2, 0.25) is 5.82 Å². The highest BCUT2D eigenvalue weighted by Gasteiger charge is 2.02. The van der Waals surface area contributed by atoms with E-state index in [1.807, 2.05) is 24.3 Å². The van der Waals surface area contributed by atoms with Gasteiger partial charge in [0.25, 0.3) is 0 Å². The Labute approximate surface area is 87.4 Å². The predicted molar refractivity (Wildman–Crippen MR) is 54.5 cm³/mol. The fourth-order valence-electron chi connectivity index (χ4n) is 1.28. The zero-order valence-corrected chi connectivity index (χ0v) is 8.46. The van der Waals surface area contributed by atoms with E-state index in [-0.39, 0.29) is 6.61 Å². The number of aromatic nitrogens is 4. The second-order valence-electron chi connectivity index (χ2n) is 3.17. The van der Waals surface area contributed by atoms with E-state index in [0.29, 0.717) is 5.82 Å². The molecule has 2 aromatic rings. The summed E-state index contributed by atoms with van der Waals surface area (Å²) in [5.41, 5.74) is 2.11. The molecule has 0 saturated carbocycles. The first-order valence-electron chi connectivity index (χ1n) is 4.82. The highest BCUT2D eigenvalue weighted by atomic mass is 16.3. The molecule has 5 heteroatoms. The first kappa shape index (κ1) is 9.79. The maximum atomic E-state index is 8.80. The average molecular weight is 204 g/mol. The van der Waals surface area contributed by atoms with Crippen LogP contribution in [0.15, 0.2) is 24.3 Å². The number of hydrogen-bond donors (Lipinski definition) is 1. The summed E-state index contributed by atoms with van der Waals surface area (Å²) < 4.78 is 0. The van der Waals surface area contributed by atoms with Gasteiger partial charge in [-0.25, -0.2) is 0 Å². The summed E-state index contributed by atoms with van der Waals surface area (Å²) in [5, 5.41) is 20.3. The molecule has 0 amide bonds. The lowest BCUT2D eigenvalue weighted by molar-refractivity contribution is 0.271. The van der Waals surface area contributed by atoms with Gasteiger partial charge in [0.15, 0.2) is 0 Å². The SMILES string of the molecule is CCc1ccc(-n2nnc(CO)n2)cc1. The van der Waals surface area contributed by atoms with Crippen molar-refractivity contribution in [2.75, 3.05) is 0 Å². The van der Waals surface area contributed by atoms with Crippen molar-refractivity contribution in [2.24, 2.45) is 0 Å². The standard InChI is InChI=1S/C10H12N4O/c1-2-8-3-5-9(6-4-8)14-12-10(7-15)11-13-14/h3-6,15H,2,7H2,1H3. The molecule has 1 aromatic carbocycles. The lowest BCUT2D eigenvalue weighted by atomic mass is 10.2. The van der Waals surface area contributed by atoms with Crippen LogP contribution < -0.4 is 0 Å². The Morgan fingerprint density at radius 3 is 2.53 bits per heavy atom. The van der Waals surface area contributed by atoms with Gasteiger partial charge in [0.1, 0.15) is 6.61 Å². The molecule has 0 aliphatic heterocycles. The van der Waals surface area contributed by atoms with Crippen molar-refractivity contribution in [1.29, 1.82) is 0 Å². The molecule has 0 radical (unpaired) electrons. The maximum absolute atomic E-state index is 8.80. The van der Waals surface area contributed by atoms with Crippen molar-refractivity contribution in [3.8, 4) is 5.69 Å². The van der Waals surface area contributed by atoms with Crippen molar-refractivity contribution < 1.29 is 5.11 Å². The van der Waals surface area contributed by atoms with Crippen molar-refractivity contribution in [3.63, 3.8) is 0 Å². The van der Waals surface area contributed by atoms with Crippen LogP contribution in [0.5, 0.6) is 0 Å². The van der Waals surface area contributed by atoms with Gasteiger partial charge in [-0.3, -0.25) is 0 Å². The van der Waals surface area contributed by atoms with E-state index in [9.17, 15) is 0 Å². The van der Waals surface area contributed by atoms with Gasteiger partial charge in [-0.05, 0) is 29.3 Å². The molecule has 1 heterocycles. The summed E-state index contributed by atoms with van der Waals surface area (Å²) in [6.07, 6.45) is 1.01. The fourth-order valence-corrected chi connectivity index (χ4v) is 1.28. The lowest BCUT2D eigenvalue weighted by Gasteiger charge is -1.99. The molecule has 0 fully saturated rings.